The second kappa shape index (κ2) is 4.23. The van der Waals surface area contributed by atoms with Crippen LogP contribution < -0.4 is 0 Å². The van der Waals surface area contributed by atoms with E-state index in [-0.39, 0.29) is 0 Å². The molecular weight excluding hydrogens is 192 g/mol. The summed E-state index contributed by atoms with van der Waals surface area (Å²) < 4.78 is 4.64. The minimum atomic E-state index is -1.68. The Labute approximate surface area is 80.4 Å². The quantitative estimate of drug-likeness (QED) is 0.287. The molecule has 0 saturated carbocycles. The van der Waals surface area contributed by atoms with Gasteiger partial charge in [0.25, 0.3) is 0 Å². The van der Waals surface area contributed by atoms with Crippen molar-refractivity contribution >= 4 is 0 Å². The van der Waals surface area contributed by atoms with Gasteiger partial charge in [-0.3, -0.25) is 0 Å². The van der Waals surface area contributed by atoms with Crippen LogP contribution in [0.15, 0.2) is 0 Å². The second-order valence-corrected chi connectivity index (χ2v) is 3.07. The van der Waals surface area contributed by atoms with Crippen molar-refractivity contribution in [2.24, 2.45) is 0 Å². The van der Waals surface area contributed by atoms with Crippen LogP contribution in [-0.4, -0.2) is 62.3 Å². The number of hydrogen-bond donors (Lipinski definition) is 5. The van der Waals surface area contributed by atoms with Crippen LogP contribution in [0.1, 0.15) is 0 Å². The average molecular weight is 204 g/mol. The maximum Gasteiger partial charge on any atom is 0.184 e. The number of terminal acetylenes is 1. The van der Waals surface area contributed by atoms with Crippen LogP contribution >= 0.6 is 0 Å². The lowest BCUT2D eigenvalue weighted by molar-refractivity contribution is -0.292. The molecule has 2 unspecified atom stereocenters. The van der Waals surface area contributed by atoms with Crippen molar-refractivity contribution < 1.29 is 30.3 Å². The summed E-state index contributed by atoms with van der Waals surface area (Å²) in [6.07, 6.45) is -4.34. The molecule has 6 nitrogen and oxygen atoms in total. The summed E-state index contributed by atoms with van der Waals surface area (Å²) in [4.78, 5) is 0. The topological polar surface area (TPSA) is 110 Å². The summed E-state index contributed by atoms with van der Waals surface area (Å²) >= 11 is 0. The van der Waals surface area contributed by atoms with Crippen molar-refractivity contribution in [3.8, 4) is 12.3 Å². The van der Waals surface area contributed by atoms with Crippen LogP contribution in [0.2, 0.25) is 0 Å². The highest BCUT2D eigenvalue weighted by molar-refractivity contribution is 5.03. The van der Waals surface area contributed by atoms with Crippen molar-refractivity contribution in [2.45, 2.75) is 36.8 Å². The molecule has 1 rings (SSSR count). The molecule has 5 N–H and O–H groups in total. The molecule has 0 aromatic rings. The van der Waals surface area contributed by atoms with Gasteiger partial charge in [-0.15, -0.1) is 6.42 Å². The first-order valence-corrected chi connectivity index (χ1v) is 4.01. The molecule has 80 valence electrons. The molecule has 1 aliphatic heterocycles. The van der Waals surface area contributed by atoms with Gasteiger partial charge in [0.15, 0.2) is 6.29 Å². The van der Waals surface area contributed by atoms with Crippen LogP contribution in [0.5, 0.6) is 0 Å². The second-order valence-electron chi connectivity index (χ2n) is 3.07. The van der Waals surface area contributed by atoms with Crippen LogP contribution in [-0.2, 0) is 4.74 Å². The molecule has 1 heterocycles. The first-order chi connectivity index (χ1) is 6.49. The highest BCUT2D eigenvalue weighted by atomic mass is 16.6. The molecule has 0 spiro atoms. The lowest BCUT2D eigenvalue weighted by Gasteiger charge is -2.39. The molecular formula is C8H12O6. The fourth-order valence-electron chi connectivity index (χ4n) is 1.24. The maximum absolute atomic E-state index is 9.33. The highest BCUT2D eigenvalue weighted by Gasteiger charge is 2.45. The molecule has 0 aromatic heterocycles. The van der Waals surface area contributed by atoms with E-state index < -0.39 is 36.8 Å². The zero-order valence-corrected chi connectivity index (χ0v) is 7.19. The SMILES string of the molecule is C#CC(O)[C@H]1OC(O)[C@H](O)[C@@H](O)[C@@H]1O. The first-order valence-electron chi connectivity index (χ1n) is 4.01. The van der Waals surface area contributed by atoms with E-state index in [1.54, 1.807) is 0 Å². The largest absolute Gasteiger partial charge is 0.387 e. The van der Waals surface area contributed by atoms with Gasteiger partial charge in [-0.2, -0.15) is 0 Å². The minimum absolute atomic E-state index is 1.31. The molecule has 0 aromatic carbocycles. The van der Waals surface area contributed by atoms with Gasteiger partial charge in [0.2, 0.25) is 0 Å². The number of hydrogen-bond acceptors (Lipinski definition) is 6. The van der Waals surface area contributed by atoms with Gasteiger partial charge >= 0.3 is 0 Å². The Kier molecular flexibility index (Phi) is 3.44. The highest BCUT2D eigenvalue weighted by Crippen LogP contribution is 2.21. The molecule has 0 bridgehead atoms. The van der Waals surface area contributed by atoms with E-state index in [0.717, 1.165) is 0 Å². The lowest BCUT2D eigenvalue weighted by atomic mass is 9.96. The summed E-state index contributed by atoms with van der Waals surface area (Å²) in [5, 5.41) is 45.8. The smallest absolute Gasteiger partial charge is 0.184 e. The normalized spacial score (nSPS) is 45.6. The fourth-order valence-corrected chi connectivity index (χ4v) is 1.24. The molecule has 0 radical (unpaired) electrons. The van der Waals surface area contributed by atoms with Gasteiger partial charge in [0.05, 0.1) is 0 Å². The van der Waals surface area contributed by atoms with Crippen LogP contribution in [0.25, 0.3) is 0 Å². The molecule has 6 atom stereocenters. The number of aliphatic hydroxyl groups is 5. The van der Waals surface area contributed by atoms with Crippen molar-refractivity contribution in [3.05, 3.63) is 0 Å². The van der Waals surface area contributed by atoms with E-state index in [0.29, 0.717) is 0 Å². The number of ether oxygens (including phenoxy) is 1. The van der Waals surface area contributed by atoms with Gasteiger partial charge in [-0.05, 0) is 0 Å². The van der Waals surface area contributed by atoms with Crippen LogP contribution in [0.3, 0.4) is 0 Å². The van der Waals surface area contributed by atoms with Gasteiger partial charge in [0, 0.05) is 0 Å². The lowest BCUT2D eigenvalue weighted by Crippen LogP contribution is -2.60. The first kappa shape index (κ1) is 11.4. The summed E-state index contributed by atoms with van der Waals surface area (Å²) in [5.41, 5.74) is 0. The van der Waals surface area contributed by atoms with Crippen molar-refractivity contribution in [1.82, 2.24) is 0 Å². The summed E-state index contributed by atoms with van der Waals surface area (Å²) in [6, 6.07) is 0. The Morgan fingerprint density at radius 1 is 1.07 bits per heavy atom. The Hall–Kier alpha value is -0.680. The monoisotopic (exact) mass is 204 g/mol. The number of aliphatic hydroxyl groups excluding tert-OH is 5. The molecule has 0 amide bonds. The molecule has 6 heteroatoms. The van der Waals surface area contributed by atoms with E-state index >= 15 is 0 Å². The predicted molar refractivity (Wildman–Crippen MR) is 43.7 cm³/mol. The Morgan fingerprint density at radius 2 is 1.64 bits per heavy atom. The van der Waals surface area contributed by atoms with Gasteiger partial charge in [0.1, 0.15) is 30.5 Å². The van der Waals surface area contributed by atoms with Gasteiger partial charge in [-0.1, -0.05) is 5.92 Å². The van der Waals surface area contributed by atoms with Crippen molar-refractivity contribution in [1.29, 1.82) is 0 Å². The molecule has 14 heavy (non-hydrogen) atoms. The van der Waals surface area contributed by atoms with Crippen molar-refractivity contribution in [2.75, 3.05) is 0 Å². The summed E-state index contributed by atoms with van der Waals surface area (Å²) in [5.74, 6) is 1.89. The Bertz CT molecular complexity index is 236. The fraction of sp³-hybridized carbons (Fsp3) is 0.750. The maximum atomic E-state index is 9.33. The van der Waals surface area contributed by atoms with E-state index in [4.69, 9.17) is 21.7 Å². The predicted octanol–water partition coefficient (Wildman–Crippen LogP) is -3.22. The minimum Gasteiger partial charge on any atom is -0.387 e. The zero-order valence-electron chi connectivity index (χ0n) is 7.19. The standard InChI is InChI=1S/C8H12O6/c1-2-3(9)7-5(11)4(10)6(12)8(13)14-7/h1,3-13H/t3?,4-,5-,6+,7+,8?/m0/s1. The van der Waals surface area contributed by atoms with Crippen LogP contribution in [0.4, 0.5) is 0 Å². The third-order valence-electron chi connectivity index (χ3n) is 2.11. The Balaban J connectivity index is 2.76. The summed E-state index contributed by atoms with van der Waals surface area (Å²) in [7, 11) is 0. The van der Waals surface area contributed by atoms with Gasteiger partial charge < -0.3 is 30.3 Å². The van der Waals surface area contributed by atoms with E-state index in [1.807, 2.05) is 5.92 Å². The van der Waals surface area contributed by atoms with Crippen LogP contribution in [0, 0.1) is 12.3 Å². The molecule has 1 fully saturated rings. The third-order valence-corrected chi connectivity index (χ3v) is 2.11. The van der Waals surface area contributed by atoms with E-state index in [9.17, 15) is 10.2 Å². The number of rotatable bonds is 1. The van der Waals surface area contributed by atoms with Crippen molar-refractivity contribution in [3.63, 3.8) is 0 Å². The molecule has 0 aliphatic carbocycles. The van der Waals surface area contributed by atoms with Gasteiger partial charge in [-0.25, -0.2) is 0 Å². The summed E-state index contributed by atoms with van der Waals surface area (Å²) in [6.45, 7) is 0. The third kappa shape index (κ3) is 1.88. The molecule has 1 aliphatic rings. The van der Waals surface area contributed by atoms with E-state index in [2.05, 4.69) is 4.74 Å². The average Bonchev–Trinajstić information content (AvgIpc) is 2.19. The van der Waals surface area contributed by atoms with E-state index in [1.165, 1.54) is 0 Å². The Morgan fingerprint density at radius 3 is 2.14 bits per heavy atom. The zero-order chi connectivity index (χ0) is 10.9. The molecule has 1 saturated heterocycles.